The molecule has 0 amide bonds. The number of hydrogen-bond donors (Lipinski definition) is 0. The van der Waals surface area contributed by atoms with Gasteiger partial charge >= 0.3 is 0 Å². The van der Waals surface area contributed by atoms with Crippen LogP contribution in [0.5, 0.6) is 0 Å². The Balaban J connectivity index is 0.000000183. The summed E-state index contributed by atoms with van der Waals surface area (Å²) in [6.07, 6.45) is 31.8. The molecule has 0 nitrogen and oxygen atoms in total. The smallest absolute Gasteiger partial charge is 0.0168 e. The average molecular weight is 439 g/mol. The third kappa shape index (κ3) is 12.5. The fourth-order valence-electron chi connectivity index (χ4n) is 5.52. The summed E-state index contributed by atoms with van der Waals surface area (Å²) in [4.78, 5) is 0. The van der Waals surface area contributed by atoms with Crippen LogP contribution in [0.25, 0.3) is 0 Å². The van der Waals surface area contributed by atoms with E-state index in [1.54, 1.807) is 0 Å². The monoisotopic (exact) mass is 438 g/mol. The molecule has 170 valence electrons. The Bertz CT molecular complexity index is 280. The van der Waals surface area contributed by atoms with Crippen LogP contribution < -0.4 is 0 Å². The third-order valence-corrected chi connectivity index (χ3v) is 10.9. The molecule has 0 unspecified atom stereocenters. The summed E-state index contributed by atoms with van der Waals surface area (Å²) >= 11 is 0. The Labute approximate surface area is 188 Å². The molecule has 0 aliphatic heterocycles. The van der Waals surface area contributed by atoms with E-state index >= 15 is 0 Å². The Morgan fingerprint density at radius 2 is 0.552 bits per heavy atom. The van der Waals surface area contributed by atoms with Crippen LogP contribution in [0.2, 0.25) is 0 Å². The summed E-state index contributed by atoms with van der Waals surface area (Å²) in [5.41, 5.74) is 4.38. The van der Waals surface area contributed by atoms with Crippen LogP contribution >= 0.6 is 17.2 Å². The fraction of sp³-hybridized carbons (Fsp3) is 1.00. The van der Waals surface area contributed by atoms with Gasteiger partial charge in [-0.15, -0.1) is 0 Å². The molecule has 2 heteroatoms. The Kier molecular flexibility index (Phi) is 15.7. The first-order valence-corrected chi connectivity index (χ1v) is 15.8. The van der Waals surface area contributed by atoms with E-state index in [2.05, 4.69) is 13.8 Å². The average Bonchev–Trinajstić information content (AvgIpc) is 2.78. The standard InChI is InChI=1S/2C12H22P.C3H8/c2*1-3-7-11(8-4-1)13-12-9-5-2-6-10-12;1-3-2/h2*11-12H,1-10H2;3H2,1-2H3. The lowest BCUT2D eigenvalue weighted by molar-refractivity contribution is 0.490. The van der Waals surface area contributed by atoms with E-state index in [1.807, 2.05) is 17.2 Å². The van der Waals surface area contributed by atoms with E-state index in [9.17, 15) is 0 Å². The number of hydrogen-bond acceptors (Lipinski definition) is 0. The number of rotatable bonds is 4. The van der Waals surface area contributed by atoms with Crippen molar-refractivity contribution in [1.82, 2.24) is 0 Å². The first-order chi connectivity index (χ1) is 14.3. The maximum absolute atomic E-state index is 2.12. The van der Waals surface area contributed by atoms with Crippen molar-refractivity contribution in [3.05, 3.63) is 0 Å². The minimum absolute atomic E-state index is 1.09. The van der Waals surface area contributed by atoms with Crippen molar-refractivity contribution < 1.29 is 0 Å². The van der Waals surface area contributed by atoms with Crippen molar-refractivity contribution in [3.8, 4) is 0 Å². The van der Waals surface area contributed by atoms with Gasteiger partial charge in [-0.2, -0.15) is 0 Å². The lowest BCUT2D eigenvalue weighted by atomic mass is 10.00. The van der Waals surface area contributed by atoms with Gasteiger partial charge < -0.3 is 0 Å². The van der Waals surface area contributed by atoms with Gasteiger partial charge in [0.25, 0.3) is 0 Å². The SMILES string of the molecule is C1CCC([P]C2CCCCC2)CC1.C1CCC([P]C2CCCCC2)CC1.CCC. The van der Waals surface area contributed by atoms with Crippen LogP contribution in [0.3, 0.4) is 0 Å². The molecule has 0 N–H and O–H groups in total. The zero-order valence-electron chi connectivity index (χ0n) is 20.1. The molecule has 0 saturated heterocycles. The largest absolute Gasteiger partial charge is 0.0741 e. The summed E-state index contributed by atoms with van der Waals surface area (Å²) in [6.45, 7) is 4.25. The van der Waals surface area contributed by atoms with Gasteiger partial charge in [0, 0.05) is 0 Å². The van der Waals surface area contributed by atoms with Gasteiger partial charge in [0.05, 0.1) is 0 Å². The highest BCUT2D eigenvalue weighted by molar-refractivity contribution is 7.40. The molecule has 0 aromatic heterocycles. The zero-order valence-corrected chi connectivity index (χ0v) is 21.8. The maximum Gasteiger partial charge on any atom is -0.0168 e. The highest BCUT2D eigenvalue weighted by Gasteiger charge is 2.22. The first kappa shape index (κ1) is 26.1. The van der Waals surface area contributed by atoms with E-state index < -0.39 is 0 Å². The molecular formula is C27H52P2. The van der Waals surface area contributed by atoms with Crippen molar-refractivity contribution in [3.63, 3.8) is 0 Å². The molecule has 4 saturated carbocycles. The second-order valence-corrected chi connectivity index (χ2v) is 13.7. The van der Waals surface area contributed by atoms with Crippen LogP contribution in [0.1, 0.15) is 149 Å². The van der Waals surface area contributed by atoms with Gasteiger partial charge in [0.2, 0.25) is 0 Å². The minimum Gasteiger partial charge on any atom is -0.0741 e. The molecule has 2 radical (unpaired) electrons. The van der Waals surface area contributed by atoms with Crippen molar-refractivity contribution >= 4 is 17.2 Å². The van der Waals surface area contributed by atoms with Crippen molar-refractivity contribution in [2.75, 3.05) is 0 Å². The fourth-order valence-corrected chi connectivity index (χ4v) is 9.36. The minimum atomic E-state index is 1.09. The molecule has 0 spiro atoms. The Hall–Kier alpha value is 0.860. The molecule has 4 rings (SSSR count). The van der Waals surface area contributed by atoms with Crippen LogP contribution in [0, 0.1) is 0 Å². The van der Waals surface area contributed by atoms with Crippen LogP contribution in [-0.2, 0) is 0 Å². The van der Waals surface area contributed by atoms with Gasteiger partial charge in [0.15, 0.2) is 0 Å². The predicted molar refractivity (Wildman–Crippen MR) is 137 cm³/mol. The summed E-state index contributed by atoms with van der Waals surface area (Å²) in [5.74, 6) is 0. The molecule has 29 heavy (non-hydrogen) atoms. The Morgan fingerprint density at radius 3 is 0.724 bits per heavy atom. The van der Waals surface area contributed by atoms with E-state index in [1.165, 1.54) is 135 Å². The lowest BCUT2D eigenvalue weighted by Crippen LogP contribution is -2.14. The topological polar surface area (TPSA) is 0 Å². The van der Waals surface area contributed by atoms with Gasteiger partial charge in [0.1, 0.15) is 0 Å². The highest BCUT2D eigenvalue weighted by atomic mass is 31.1. The van der Waals surface area contributed by atoms with Gasteiger partial charge in [-0.25, -0.2) is 0 Å². The zero-order chi connectivity index (χ0) is 20.6. The van der Waals surface area contributed by atoms with E-state index in [4.69, 9.17) is 0 Å². The summed E-state index contributed by atoms with van der Waals surface area (Å²) in [5, 5.41) is 0. The Morgan fingerprint density at radius 1 is 0.379 bits per heavy atom. The van der Waals surface area contributed by atoms with E-state index in [0.29, 0.717) is 0 Å². The molecule has 0 heterocycles. The van der Waals surface area contributed by atoms with Gasteiger partial charge in [-0.1, -0.05) is 114 Å². The van der Waals surface area contributed by atoms with E-state index in [-0.39, 0.29) is 0 Å². The molecule has 4 aliphatic rings. The van der Waals surface area contributed by atoms with Gasteiger partial charge in [-0.05, 0) is 74.0 Å². The van der Waals surface area contributed by atoms with Crippen molar-refractivity contribution in [1.29, 1.82) is 0 Å². The summed E-state index contributed by atoms with van der Waals surface area (Å²) in [6, 6.07) is 0. The quantitative estimate of drug-likeness (QED) is 0.383. The predicted octanol–water partition coefficient (Wildman–Crippen LogP) is 10.6. The maximum atomic E-state index is 2.12. The molecule has 0 aromatic rings. The third-order valence-electron chi connectivity index (χ3n) is 7.14. The molecule has 0 atom stereocenters. The van der Waals surface area contributed by atoms with Crippen molar-refractivity contribution in [2.24, 2.45) is 0 Å². The van der Waals surface area contributed by atoms with Crippen molar-refractivity contribution in [2.45, 2.75) is 171 Å². The summed E-state index contributed by atoms with van der Waals surface area (Å²) in [7, 11) is 3.67. The van der Waals surface area contributed by atoms with Crippen LogP contribution in [0.4, 0.5) is 0 Å². The molecular weight excluding hydrogens is 386 g/mol. The van der Waals surface area contributed by atoms with Crippen LogP contribution in [-0.4, -0.2) is 22.6 Å². The molecule has 0 aromatic carbocycles. The second-order valence-electron chi connectivity index (χ2n) is 10.2. The normalized spacial score (nSPS) is 25.4. The second kappa shape index (κ2) is 17.4. The summed E-state index contributed by atoms with van der Waals surface area (Å²) < 4.78 is 0. The highest BCUT2D eigenvalue weighted by Crippen LogP contribution is 2.42. The van der Waals surface area contributed by atoms with E-state index in [0.717, 1.165) is 22.6 Å². The lowest BCUT2D eigenvalue weighted by Gasteiger charge is -2.28. The molecule has 0 bridgehead atoms. The molecule has 4 aliphatic carbocycles. The van der Waals surface area contributed by atoms with Gasteiger partial charge in [-0.3, -0.25) is 0 Å². The first-order valence-electron chi connectivity index (χ1n) is 13.7. The molecule has 4 fully saturated rings. The van der Waals surface area contributed by atoms with Crippen LogP contribution in [0.15, 0.2) is 0 Å².